The summed E-state index contributed by atoms with van der Waals surface area (Å²) in [4.78, 5) is 0. The van der Waals surface area contributed by atoms with Crippen LogP contribution < -0.4 is 4.74 Å². The second-order valence-corrected chi connectivity index (χ2v) is 8.36. The van der Waals surface area contributed by atoms with Gasteiger partial charge in [-0.05, 0) is 37.1 Å². The van der Waals surface area contributed by atoms with Crippen molar-refractivity contribution in [1.29, 1.82) is 0 Å². The fourth-order valence-electron chi connectivity index (χ4n) is 2.92. The Kier molecular flexibility index (Phi) is 5.92. The van der Waals surface area contributed by atoms with E-state index in [1.165, 1.54) is 11.5 Å². The average molecular weight is 424 g/mol. The number of thioether (sulfide) groups is 1. The van der Waals surface area contributed by atoms with Crippen molar-refractivity contribution in [3.05, 3.63) is 34.3 Å². The van der Waals surface area contributed by atoms with Gasteiger partial charge in [0.1, 0.15) is 15.8 Å². The molecular formula is C17H18ClN5O2S2. The van der Waals surface area contributed by atoms with E-state index in [0.29, 0.717) is 10.1 Å². The molecule has 1 fully saturated rings. The molecule has 0 spiro atoms. The van der Waals surface area contributed by atoms with Gasteiger partial charge in [0.25, 0.3) is 0 Å². The van der Waals surface area contributed by atoms with Crippen molar-refractivity contribution in [2.45, 2.75) is 36.4 Å². The maximum atomic E-state index is 6.12. The first-order valence-corrected chi connectivity index (χ1v) is 10.7. The quantitative estimate of drug-likeness (QED) is 0.533. The monoisotopic (exact) mass is 423 g/mol. The number of hydrogen-bond acceptors (Lipinski definition) is 8. The molecule has 4 rings (SSSR count). The van der Waals surface area contributed by atoms with Crippen molar-refractivity contribution < 1.29 is 9.47 Å². The van der Waals surface area contributed by atoms with E-state index in [-0.39, 0.29) is 6.10 Å². The van der Waals surface area contributed by atoms with Gasteiger partial charge in [-0.1, -0.05) is 27.9 Å². The summed E-state index contributed by atoms with van der Waals surface area (Å²) in [5.74, 6) is 2.23. The zero-order valence-electron chi connectivity index (χ0n) is 14.7. The van der Waals surface area contributed by atoms with E-state index in [1.54, 1.807) is 18.9 Å². The van der Waals surface area contributed by atoms with Crippen molar-refractivity contribution in [2.24, 2.45) is 0 Å². The number of benzene rings is 1. The van der Waals surface area contributed by atoms with Crippen LogP contribution in [0.2, 0.25) is 4.34 Å². The third-order valence-electron chi connectivity index (χ3n) is 4.32. The van der Waals surface area contributed by atoms with E-state index in [0.717, 1.165) is 54.0 Å². The van der Waals surface area contributed by atoms with Gasteiger partial charge in [-0.2, -0.15) is 0 Å². The van der Waals surface area contributed by atoms with E-state index < -0.39 is 0 Å². The van der Waals surface area contributed by atoms with Gasteiger partial charge in [-0.25, -0.2) is 0 Å². The van der Waals surface area contributed by atoms with Crippen LogP contribution in [0, 0.1) is 0 Å². The van der Waals surface area contributed by atoms with Crippen LogP contribution in [0.1, 0.15) is 18.5 Å². The molecule has 3 heterocycles. The van der Waals surface area contributed by atoms with Gasteiger partial charge in [0.2, 0.25) is 0 Å². The molecule has 1 aliphatic heterocycles. The lowest BCUT2D eigenvalue weighted by Crippen LogP contribution is -2.16. The van der Waals surface area contributed by atoms with Gasteiger partial charge in [0.05, 0.1) is 19.8 Å². The molecule has 1 atom stereocenters. The minimum absolute atomic E-state index is 0.182. The van der Waals surface area contributed by atoms with Crippen LogP contribution in [0.25, 0.3) is 11.4 Å². The second-order valence-electron chi connectivity index (χ2n) is 6.06. The van der Waals surface area contributed by atoms with E-state index in [2.05, 4.69) is 24.4 Å². The van der Waals surface area contributed by atoms with Crippen LogP contribution in [0.15, 0.2) is 29.4 Å². The zero-order chi connectivity index (χ0) is 18.6. The van der Waals surface area contributed by atoms with Crippen molar-refractivity contribution >= 4 is 34.9 Å². The highest BCUT2D eigenvalue weighted by Gasteiger charge is 2.22. The topological polar surface area (TPSA) is 75.0 Å². The minimum Gasteiger partial charge on any atom is -0.497 e. The normalized spacial score (nSPS) is 16.7. The largest absolute Gasteiger partial charge is 0.497 e. The maximum absolute atomic E-state index is 6.12. The molecule has 27 heavy (non-hydrogen) atoms. The Labute approximate surface area is 170 Å². The fourth-order valence-corrected chi connectivity index (χ4v) is 4.60. The highest BCUT2D eigenvalue weighted by atomic mass is 35.5. The van der Waals surface area contributed by atoms with Crippen LogP contribution in [0.5, 0.6) is 5.75 Å². The first-order valence-electron chi connectivity index (χ1n) is 8.53. The highest BCUT2D eigenvalue weighted by molar-refractivity contribution is 7.98. The Bertz CT molecular complexity index is 893. The summed E-state index contributed by atoms with van der Waals surface area (Å²) >= 11 is 8.86. The first kappa shape index (κ1) is 18.7. The summed E-state index contributed by atoms with van der Waals surface area (Å²) in [6, 6.07) is 7.83. The van der Waals surface area contributed by atoms with E-state index in [4.69, 9.17) is 21.1 Å². The fraction of sp³-hybridized carbons (Fsp3) is 0.412. The molecule has 1 aromatic carbocycles. The molecule has 0 amide bonds. The lowest BCUT2D eigenvalue weighted by Gasteiger charge is -2.14. The Balaban J connectivity index is 1.61. The molecule has 0 aliphatic carbocycles. The van der Waals surface area contributed by atoms with Crippen LogP contribution >= 0.6 is 34.9 Å². The summed E-state index contributed by atoms with van der Waals surface area (Å²) in [6.45, 7) is 1.53. The number of aromatic nitrogens is 5. The maximum Gasteiger partial charge on any atom is 0.191 e. The second kappa shape index (κ2) is 8.55. The van der Waals surface area contributed by atoms with E-state index in [1.807, 2.05) is 24.3 Å². The summed E-state index contributed by atoms with van der Waals surface area (Å²) in [6.07, 6.45) is 2.32. The molecule has 2 aromatic heterocycles. The third-order valence-corrected chi connectivity index (χ3v) is 6.29. The predicted octanol–water partition coefficient (Wildman–Crippen LogP) is 3.93. The molecule has 142 valence electrons. The van der Waals surface area contributed by atoms with Crippen LogP contribution in [-0.4, -0.2) is 44.2 Å². The number of nitrogens with zero attached hydrogens (tertiary/aromatic N) is 5. The number of hydrogen-bond donors (Lipinski definition) is 0. The van der Waals surface area contributed by atoms with Crippen LogP contribution in [0.3, 0.4) is 0 Å². The van der Waals surface area contributed by atoms with Crippen molar-refractivity contribution in [1.82, 2.24) is 24.4 Å². The molecule has 0 radical (unpaired) electrons. The smallest absolute Gasteiger partial charge is 0.191 e. The van der Waals surface area contributed by atoms with Crippen molar-refractivity contribution in [3.63, 3.8) is 0 Å². The van der Waals surface area contributed by atoms with Gasteiger partial charge in [0, 0.05) is 29.5 Å². The van der Waals surface area contributed by atoms with Crippen LogP contribution in [0.4, 0.5) is 0 Å². The minimum atomic E-state index is 0.182. The van der Waals surface area contributed by atoms with Crippen molar-refractivity contribution in [2.75, 3.05) is 13.7 Å². The molecule has 1 saturated heterocycles. The standard InChI is InChI=1S/C17H18ClN5O2S2/c1-24-12-6-4-11(5-7-12)16-20-21-17(23(16)9-13-3-2-8-25-13)26-10-14-15(18)27-22-19-14/h4-7,13H,2-3,8-10H2,1H3/t13-/m0/s1. The SMILES string of the molecule is COc1ccc(-c2nnc(SCc3nnsc3Cl)n2C[C@@H]2CCCO2)cc1. The van der Waals surface area contributed by atoms with Gasteiger partial charge >= 0.3 is 0 Å². The Morgan fingerprint density at radius 3 is 2.81 bits per heavy atom. The molecule has 1 aliphatic rings. The molecule has 7 nitrogen and oxygen atoms in total. The molecule has 0 unspecified atom stereocenters. The number of methoxy groups -OCH3 is 1. The number of rotatable bonds is 7. The Morgan fingerprint density at radius 1 is 1.30 bits per heavy atom. The molecule has 3 aromatic rings. The summed E-state index contributed by atoms with van der Waals surface area (Å²) in [5, 5.41) is 13.7. The lowest BCUT2D eigenvalue weighted by atomic mass is 10.2. The van der Waals surface area contributed by atoms with Crippen molar-refractivity contribution in [3.8, 4) is 17.1 Å². The molecule has 0 saturated carbocycles. The predicted molar refractivity (Wildman–Crippen MR) is 105 cm³/mol. The summed E-state index contributed by atoms with van der Waals surface area (Å²) in [7, 11) is 1.65. The molecule has 10 heteroatoms. The van der Waals surface area contributed by atoms with Gasteiger partial charge in [-0.3, -0.25) is 4.57 Å². The Morgan fingerprint density at radius 2 is 2.15 bits per heavy atom. The molecule has 0 N–H and O–H groups in total. The van der Waals surface area contributed by atoms with Crippen LogP contribution in [-0.2, 0) is 17.0 Å². The van der Waals surface area contributed by atoms with E-state index >= 15 is 0 Å². The Hall–Kier alpha value is -1.68. The lowest BCUT2D eigenvalue weighted by molar-refractivity contribution is 0.0953. The highest BCUT2D eigenvalue weighted by Crippen LogP contribution is 2.30. The van der Waals surface area contributed by atoms with Gasteiger partial charge < -0.3 is 9.47 Å². The molecular weight excluding hydrogens is 406 g/mol. The summed E-state index contributed by atoms with van der Waals surface area (Å²) < 4.78 is 17.7. The molecule has 0 bridgehead atoms. The first-order chi connectivity index (χ1) is 13.2. The number of halogens is 1. The zero-order valence-corrected chi connectivity index (χ0v) is 17.1. The van der Waals surface area contributed by atoms with Gasteiger partial charge in [0.15, 0.2) is 11.0 Å². The number of ether oxygens (including phenoxy) is 2. The average Bonchev–Trinajstić information content (AvgIpc) is 3.43. The summed E-state index contributed by atoms with van der Waals surface area (Å²) in [5.41, 5.74) is 1.76. The van der Waals surface area contributed by atoms with E-state index in [9.17, 15) is 0 Å². The van der Waals surface area contributed by atoms with Gasteiger partial charge in [-0.15, -0.1) is 15.3 Å². The third kappa shape index (κ3) is 4.26.